The van der Waals surface area contributed by atoms with E-state index in [0.29, 0.717) is 0 Å². The number of nitrogens with zero attached hydrogens (tertiary/aromatic N) is 1. The van der Waals surface area contributed by atoms with Crippen LogP contribution < -0.4 is 4.74 Å². The van der Waals surface area contributed by atoms with Crippen molar-refractivity contribution in [3.05, 3.63) is 35.4 Å². The first-order chi connectivity index (χ1) is 9.30. The van der Waals surface area contributed by atoms with Gasteiger partial charge >= 0.3 is 0 Å². The molecule has 3 heteroatoms. The van der Waals surface area contributed by atoms with Gasteiger partial charge in [-0.05, 0) is 43.4 Å². The predicted molar refractivity (Wildman–Crippen MR) is 77.9 cm³/mol. The minimum absolute atomic E-state index is 0.805. The highest BCUT2D eigenvalue weighted by Gasteiger charge is 2.22. The molecule has 1 aliphatic carbocycles. The first-order valence-corrected chi connectivity index (χ1v) is 6.88. The van der Waals surface area contributed by atoms with Crippen molar-refractivity contribution in [3.63, 3.8) is 0 Å². The topological polar surface area (TPSA) is 41.8 Å². The Balaban J connectivity index is 2.39. The molecule has 0 unspecified atom stereocenters. The molecule has 19 heavy (non-hydrogen) atoms. The number of methoxy groups -OCH3 is 1. The van der Waals surface area contributed by atoms with Gasteiger partial charge in [-0.25, -0.2) is 0 Å². The molecule has 0 atom stereocenters. The molecular weight excluding hydrogens is 238 g/mol. The van der Waals surface area contributed by atoms with Crippen molar-refractivity contribution in [3.8, 4) is 5.75 Å². The van der Waals surface area contributed by atoms with Crippen LogP contribution in [0.25, 0.3) is 5.57 Å². The van der Waals surface area contributed by atoms with E-state index in [0.717, 1.165) is 41.9 Å². The monoisotopic (exact) mass is 259 g/mol. The largest absolute Gasteiger partial charge is 0.497 e. The Morgan fingerprint density at radius 2 is 2.16 bits per heavy atom. The summed E-state index contributed by atoms with van der Waals surface area (Å²) in [5.41, 5.74) is 4.42. The fourth-order valence-electron chi connectivity index (χ4n) is 2.61. The van der Waals surface area contributed by atoms with Gasteiger partial charge in [0.15, 0.2) is 0 Å². The van der Waals surface area contributed by atoms with Crippen LogP contribution in [0.3, 0.4) is 0 Å². The molecule has 0 saturated carbocycles. The summed E-state index contributed by atoms with van der Waals surface area (Å²) in [6, 6.07) is 7.98. The van der Waals surface area contributed by atoms with Gasteiger partial charge in [-0.1, -0.05) is 36.2 Å². The van der Waals surface area contributed by atoms with Gasteiger partial charge in [-0.15, -0.1) is 0 Å². The van der Waals surface area contributed by atoms with Crippen molar-refractivity contribution in [1.29, 1.82) is 0 Å². The molecule has 0 bridgehead atoms. The second-order valence-corrected chi connectivity index (χ2v) is 4.86. The normalized spacial score (nSPS) is 17.3. The number of allylic oxidation sites excluding steroid dienone is 2. The van der Waals surface area contributed by atoms with Crippen molar-refractivity contribution in [2.24, 2.45) is 5.16 Å². The lowest BCUT2D eigenvalue weighted by Crippen LogP contribution is -1.98. The van der Waals surface area contributed by atoms with Gasteiger partial charge in [-0.3, -0.25) is 0 Å². The molecule has 1 aliphatic rings. The Bertz CT molecular complexity index is 503. The lowest BCUT2D eigenvalue weighted by atomic mass is 9.98. The van der Waals surface area contributed by atoms with E-state index in [4.69, 9.17) is 4.74 Å². The number of unbranched alkanes of at least 4 members (excludes halogenated alkanes) is 1. The average molecular weight is 259 g/mol. The number of hydrogen-bond acceptors (Lipinski definition) is 3. The van der Waals surface area contributed by atoms with E-state index < -0.39 is 0 Å². The van der Waals surface area contributed by atoms with E-state index >= 15 is 0 Å². The molecule has 102 valence electrons. The van der Waals surface area contributed by atoms with Crippen LogP contribution in [0, 0.1) is 0 Å². The summed E-state index contributed by atoms with van der Waals surface area (Å²) in [7, 11) is 1.67. The van der Waals surface area contributed by atoms with Gasteiger partial charge in [0, 0.05) is 5.57 Å². The Morgan fingerprint density at radius 1 is 1.32 bits per heavy atom. The van der Waals surface area contributed by atoms with Crippen LogP contribution in [0.5, 0.6) is 5.75 Å². The van der Waals surface area contributed by atoms with E-state index in [9.17, 15) is 5.21 Å². The zero-order valence-electron chi connectivity index (χ0n) is 11.6. The van der Waals surface area contributed by atoms with Crippen LogP contribution >= 0.6 is 0 Å². The van der Waals surface area contributed by atoms with Crippen LogP contribution in [-0.4, -0.2) is 18.0 Å². The van der Waals surface area contributed by atoms with Crippen molar-refractivity contribution in [2.45, 2.75) is 39.0 Å². The highest BCUT2D eigenvalue weighted by Crippen LogP contribution is 2.35. The molecule has 3 nitrogen and oxygen atoms in total. The second-order valence-electron chi connectivity index (χ2n) is 4.86. The van der Waals surface area contributed by atoms with Gasteiger partial charge in [-0.2, -0.15) is 0 Å². The molecule has 0 saturated heterocycles. The van der Waals surface area contributed by atoms with Crippen molar-refractivity contribution in [1.82, 2.24) is 0 Å². The molecule has 1 aromatic rings. The maximum atomic E-state index is 9.19. The standard InChI is InChI=1S/C16H21NO2/c1-3-4-6-12-9-10-15(17-18)16(12)13-7-5-8-14(11-13)19-2/h5,7-8,11,18H,3-4,6,9-10H2,1-2H3/b17-15+. The molecule has 0 amide bonds. The van der Waals surface area contributed by atoms with E-state index in [-0.39, 0.29) is 0 Å². The quantitative estimate of drug-likeness (QED) is 0.634. The zero-order valence-corrected chi connectivity index (χ0v) is 11.6. The number of ether oxygens (including phenoxy) is 1. The Kier molecular flexibility index (Phi) is 4.61. The zero-order chi connectivity index (χ0) is 13.7. The van der Waals surface area contributed by atoms with E-state index in [1.54, 1.807) is 7.11 Å². The maximum Gasteiger partial charge on any atom is 0.119 e. The molecule has 0 heterocycles. The number of rotatable bonds is 5. The second kappa shape index (κ2) is 6.41. The van der Waals surface area contributed by atoms with Gasteiger partial charge in [0.1, 0.15) is 5.75 Å². The third kappa shape index (κ3) is 2.98. The summed E-state index contributed by atoms with van der Waals surface area (Å²) in [4.78, 5) is 0. The molecule has 0 spiro atoms. The van der Waals surface area contributed by atoms with Crippen LogP contribution in [0.1, 0.15) is 44.6 Å². The number of hydrogen-bond donors (Lipinski definition) is 1. The highest BCUT2D eigenvalue weighted by molar-refractivity contribution is 6.26. The summed E-state index contributed by atoms with van der Waals surface area (Å²) < 4.78 is 5.27. The van der Waals surface area contributed by atoms with Crippen molar-refractivity contribution in [2.75, 3.05) is 7.11 Å². The Morgan fingerprint density at radius 3 is 2.84 bits per heavy atom. The summed E-state index contributed by atoms with van der Waals surface area (Å²) in [5.74, 6) is 0.837. The van der Waals surface area contributed by atoms with Gasteiger partial charge in [0.25, 0.3) is 0 Å². The molecule has 0 aliphatic heterocycles. The van der Waals surface area contributed by atoms with E-state index in [2.05, 4.69) is 18.1 Å². The predicted octanol–water partition coefficient (Wildman–Crippen LogP) is 4.26. The number of oxime groups is 1. The fraction of sp³-hybridized carbons (Fsp3) is 0.438. The molecular formula is C16H21NO2. The Hall–Kier alpha value is -1.77. The third-order valence-electron chi connectivity index (χ3n) is 3.62. The summed E-state index contributed by atoms with van der Waals surface area (Å²) >= 11 is 0. The maximum absolute atomic E-state index is 9.19. The van der Waals surface area contributed by atoms with Gasteiger partial charge < -0.3 is 9.94 Å². The fourth-order valence-corrected chi connectivity index (χ4v) is 2.61. The molecule has 1 N–H and O–H groups in total. The lowest BCUT2D eigenvalue weighted by Gasteiger charge is -2.09. The molecule has 0 radical (unpaired) electrons. The van der Waals surface area contributed by atoms with Gasteiger partial charge in [0.05, 0.1) is 12.8 Å². The first kappa shape index (κ1) is 13.7. The molecule has 2 rings (SSSR count). The Labute approximate surface area is 114 Å². The van der Waals surface area contributed by atoms with Crippen LogP contribution in [0.2, 0.25) is 0 Å². The highest BCUT2D eigenvalue weighted by atomic mass is 16.5. The van der Waals surface area contributed by atoms with Gasteiger partial charge in [0.2, 0.25) is 0 Å². The SMILES string of the molecule is CCCCC1=C(c2cccc(OC)c2)/C(=N/O)CC1. The van der Waals surface area contributed by atoms with E-state index in [1.165, 1.54) is 18.4 Å². The molecule has 1 aromatic carbocycles. The van der Waals surface area contributed by atoms with Crippen molar-refractivity contribution < 1.29 is 9.94 Å². The smallest absolute Gasteiger partial charge is 0.119 e. The molecule has 0 aromatic heterocycles. The van der Waals surface area contributed by atoms with Crippen LogP contribution in [0.4, 0.5) is 0 Å². The average Bonchev–Trinajstić information content (AvgIpc) is 2.88. The van der Waals surface area contributed by atoms with E-state index in [1.807, 2.05) is 18.2 Å². The first-order valence-electron chi connectivity index (χ1n) is 6.88. The van der Waals surface area contributed by atoms with Crippen molar-refractivity contribution >= 4 is 11.3 Å². The summed E-state index contributed by atoms with van der Waals surface area (Å²) in [6.45, 7) is 2.20. The summed E-state index contributed by atoms with van der Waals surface area (Å²) in [6.07, 6.45) is 5.29. The molecule has 0 fully saturated rings. The van der Waals surface area contributed by atoms with Crippen LogP contribution in [0.15, 0.2) is 35.0 Å². The number of benzene rings is 1. The summed E-state index contributed by atoms with van der Waals surface area (Å²) in [5, 5.41) is 12.7. The van der Waals surface area contributed by atoms with Crippen LogP contribution in [-0.2, 0) is 0 Å². The minimum atomic E-state index is 0.805. The minimum Gasteiger partial charge on any atom is -0.497 e. The lowest BCUT2D eigenvalue weighted by molar-refractivity contribution is 0.319. The third-order valence-corrected chi connectivity index (χ3v) is 3.62.